The van der Waals surface area contributed by atoms with Crippen LogP contribution in [0.5, 0.6) is 5.75 Å². The van der Waals surface area contributed by atoms with E-state index in [0.717, 1.165) is 17.5 Å². The number of rotatable bonds is 6. The van der Waals surface area contributed by atoms with Gasteiger partial charge in [-0.1, -0.05) is 65.0 Å². The van der Waals surface area contributed by atoms with Gasteiger partial charge in [0.25, 0.3) is 11.8 Å². The van der Waals surface area contributed by atoms with Crippen LogP contribution >= 0.6 is 0 Å². The van der Waals surface area contributed by atoms with Crippen molar-refractivity contribution < 1.29 is 14.3 Å². The lowest BCUT2D eigenvalue weighted by atomic mass is 9.87. The van der Waals surface area contributed by atoms with Crippen molar-refractivity contribution in [2.24, 2.45) is 0 Å². The summed E-state index contributed by atoms with van der Waals surface area (Å²) in [6, 6.07) is 15.0. The molecule has 150 valence electrons. The van der Waals surface area contributed by atoms with E-state index in [4.69, 9.17) is 4.74 Å². The molecule has 0 aliphatic rings. The van der Waals surface area contributed by atoms with Crippen molar-refractivity contribution in [1.82, 2.24) is 10.9 Å². The fraction of sp³-hybridized carbons (Fsp3) is 0.391. The fourth-order valence-electron chi connectivity index (χ4n) is 2.74. The largest absolute Gasteiger partial charge is 0.483 e. The molecule has 2 amide bonds. The number of benzene rings is 2. The molecule has 2 aromatic rings. The van der Waals surface area contributed by atoms with Crippen LogP contribution in [0.15, 0.2) is 48.5 Å². The van der Waals surface area contributed by atoms with Gasteiger partial charge in [-0.3, -0.25) is 20.4 Å². The van der Waals surface area contributed by atoms with E-state index in [0.29, 0.717) is 17.2 Å². The van der Waals surface area contributed by atoms with Gasteiger partial charge in [0.1, 0.15) is 5.75 Å². The van der Waals surface area contributed by atoms with Crippen molar-refractivity contribution in [1.29, 1.82) is 0 Å². The first-order valence-corrected chi connectivity index (χ1v) is 9.63. The maximum Gasteiger partial charge on any atom is 0.276 e. The topological polar surface area (TPSA) is 67.4 Å². The maximum atomic E-state index is 12.2. The number of nitrogens with one attached hydrogen (secondary N) is 2. The van der Waals surface area contributed by atoms with Crippen LogP contribution in [-0.2, 0) is 10.2 Å². The van der Waals surface area contributed by atoms with Gasteiger partial charge in [-0.05, 0) is 47.1 Å². The molecule has 2 rings (SSSR count). The quantitative estimate of drug-likeness (QED) is 0.731. The van der Waals surface area contributed by atoms with Crippen LogP contribution < -0.4 is 15.6 Å². The normalized spacial score (nSPS) is 12.2. The van der Waals surface area contributed by atoms with E-state index in [1.807, 2.05) is 36.4 Å². The Hall–Kier alpha value is -2.82. The highest BCUT2D eigenvalue weighted by Crippen LogP contribution is 2.28. The molecule has 0 spiro atoms. The van der Waals surface area contributed by atoms with Gasteiger partial charge in [-0.25, -0.2) is 0 Å². The Labute approximate surface area is 167 Å². The second-order valence-corrected chi connectivity index (χ2v) is 7.97. The zero-order valence-electron chi connectivity index (χ0n) is 17.3. The number of hydrogen-bond donors (Lipinski definition) is 2. The number of carbonyl (C=O) groups excluding carboxylic acids is 2. The lowest BCUT2D eigenvalue weighted by Crippen LogP contribution is -2.43. The smallest absolute Gasteiger partial charge is 0.276 e. The van der Waals surface area contributed by atoms with Crippen molar-refractivity contribution in [2.45, 2.75) is 52.4 Å². The van der Waals surface area contributed by atoms with Gasteiger partial charge in [-0.15, -0.1) is 0 Å². The predicted octanol–water partition coefficient (Wildman–Crippen LogP) is 4.34. The molecule has 0 aliphatic carbocycles. The van der Waals surface area contributed by atoms with Gasteiger partial charge in [0.2, 0.25) is 0 Å². The molecular weight excluding hydrogens is 352 g/mol. The van der Waals surface area contributed by atoms with Crippen LogP contribution in [0.2, 0.25) is 0 Å². The van der Waals surface area contributed by atoms with Gasteiger partial charge in [-0.2, -0.15) is 0 Å². The monoisotopic (exact) mass is 382 g/mol. The molecule has 1 atom stereocenters. The molecule has 0 aliphatic heterocycles. The van der Waals surface area contributed by atoms with E-state index in [9.17, 15) is 9.59 Å². The summed E-state index contributed by atoms with van der Waals surface area (Å²) >= 11 is 0. The molecule has 0 bridgehead atoms. The summed E-state index contributed by atoms with van der Waals surface area (Å²) in [5, 5.41) is 0. The molecule has 5 heteroatoms. The summed E-state index contributed by atoms with van der Waals surface area (Å²) in [5.74, 6) is 0.249. The fourth-order valence-corrected chi connectivity index (χ4v) is 2.74. The minimum Gasteiger partial charge on any atom is -0.483 e. The molecular formula is C23H30N2O3. The Balaban J connectivity index is 1.87. The average Bonchev–Trinajstić information content (AvgIpc) is 2.69. The third-order valence-corrected chi connectivity index (χ3v) is 4.75. The molecule has 2 N–H and O–H groups in total. The molecule has 2 aromatic carbocycles. The third kappa shape index (κ3) is 5.84. The number of ether oxygens (including phenoxy) is 1. The van der Waals surface area contributed by atoms with Gasteiger partial charge in [0, 0.05) is 5.56 Å². The van der Waals surface area contributed by atoms with E-state index in [1.165, 1.54) is 0 Å². The van der Waals surface area contributed by atoms with Crippen LogP contribution in [0.1, 0.15) is 68.4 Å². The molecule has 0 heterocycles. The predicted molar refractivity (Wildman–Crippen MR) is 111 cm³/mol. The Bertz CT molecular complexity index is 807. The Kier molecular flexibility index (Phi) is 7.21. The lowest BCUT2D eigenvalue weighted by molar-refractivity contribution is -0.123. The number of amides is 2. The number of hydrazine groups is 1. The van der Waals surface area contributed by atoms with Gasteiger partial charge >= 0.3 is 0 Å². The van der Waals surface area contributed by atoms with Gasteiger partial charge in [0.05, 0.1) is 0 Å². The minimum absolute atomic E-state index is 0.0200. The van der Waals surface area contributed by atoms with Crippen LogP contribution in [0.3, 0.4) is 0 Å². The number of hydrogen-bond acceptors (Lipinski definition) is 3. The SMILES string of the molecule is CCC(C)c1ccccc1OCC(=O)NNC(=O)c1ccc(C(C)(C)C)cc1. The van der Waals surface area contributed by atoms with E-state index >= 15 is 0 Å². The Morgan fingerprint density at radius 1 is 1.00 bits per heavy atom. The zero-order valence-corrected chi connectivity index (χ0v) is 17.3. The summed E-state index contributed by atoms with van der Waals surface area (Å²) in [6.07, 6.45) is 0.983. The van der Waals surface area contributed by atoms with Crippen molar-refractivity contribution in [3.63, 3.8) is 0 Å². The van der Waals surface area contributed by atoms with Crippen molar-refractivity contribution in [3.05, 3.63) is 65.2 Å². The summed E-state index contributed by atoms with van der Waals surface area (Å²) in [5.41, 5.74) is 7.53. The van der Waals surface area contributed by atoms with Crippen LogP contribution in [0.4, 0.5) is 0 Å². The molecule has 1 unspecified atom stereocenters. The molecule has 0 fully saturated rings. The van der Waals surface area contributed by atoms with Gasteiger partial charge < -0.3 is 4.74 Å². The molecule has 0 saturated carbocycles. The van der Waals surface area contributed by atoms with Crippen molar-refractivity contribution in [3.8, 4) is 5.75 Å². The molecule has 28 heavy (non-hydrogen) atoms. The number of carbonyl (C=O) groups is 2. The van der Waals surface area contributed by atoms with E-state index in [-0.39, 0.29) is 17.9 Å². The minimum atomic E-state index is -0.418. The molecule has 0 saturated heterocycles. The highest BCUT2D eigenvalue weighted by molar-refractivity contribution is 5.95. The van der Waals surface area contributed by atoms with E-state index in [1.54, 1.807) is 12.1 Å². The van der Waals surface area contributed by atoms with Gasteiger partial charge in [0.15, 0.2) is 6.61 Å². The van der Waals surface area contributed by atoms with Crippen LogP contribution in [0, 0.1) is 0 Å². The van der Waals surface area contributed by atoms with E-state index in [2.05, 4.69) is 45.5 Å². The first kappa shape index (κ1) is 21.5. The Morgan fingerprint density at radius 3 is 2.25 bits per heavy atom. The second-order valence-electron chi connectivity index (χ2n) is 7.97. The first-order valence-electron chi connectivity index (χ1n) is 9.63. The lowest BCUT2D eigenvalue weighted by Gasteiger charge is -2.19. The maximum absolute atomic E-state index is 12.2. The van der Waals surface area contributed by atoms with E-state index < -0.39 is 5.91 Å². The van der Waals surface area contributed by atoms with Crippen molar-refractivity contribution >= 4 is 11.8 Å². The first-order chi connectivity index (χ1) is 13.2. The zero-order chi connectivity index (χ0) is 20.7. The molecule has 0 radical (unpaired) electrons. The highest BCUT2D eigenvalue weighted by Gasteiger charge is 2.15. The standard InChI is InChI=1S/C23H30N2O3/c1-6-16(2)19-9-7-8-10-20(19)28-15-21(26)24-25-22(27)17-11-13-18(14-12-17)23(3,4)5/h7-14,16H,6,15H2,1-5H3,(H,24,26)(H,25,27). The summed E-state index contributed by atoms with van der Waals surface area (Å²) in [4.78, 5) is 24.2. The van der Waals surface area contributed by atoms with Crippen molar-refractivity contribution in [2.75, 3.05) is 6.61 Å². The third-order valence-electron chi connectivity index (χ3n) is 4.75. The average molecular weight is 383 g/mol. The summed E-state index contributed by atoms with van der Waals surface area (Å²) in [7, 11) is 0. The molecule has 5 nitrogen and oxygen atoms in total. The summed E-state index contributed by atoms with van der Waals surface area (Å²) in [6.45, 7) is 10.4. The second kappa shape index (κ2) is 9.40. The van der Waals surface area contributed by atoms with Crippen LogP contribution in [0.25, 0.3) is 0 Å². The Morgan fingerprint density at radius 2 is 1.64 bits per heavy atom. The highest BCUT2D eigenvalue weighted by atomic mass is 16.5. The summed E-state index contributed by atoms with van der Waals surface area (Å²) < 4.78 is 5.65. The van der Waals surface area contributed by atoms with Crippen LogP contribution in [-0.4, -0.2) is 18.4 Å². The number of para-hydroxylation sites is 1. The molecule has 0 aromatic heterocycles.